The van der Waals surface area contributed by atoms with Gasteiger partial charge in [-0.3, -0.25) is 24.7 Å². The lowest BCUT2D eigenvalue weighted by Crippen LogP contribution is -2.32. The summed E-state index contributed by atoms with van der Waals surface area (Å²) in [6.45, 7) is 2.64. The Balaban J connectivity index is 1.41. The molecular weight excluding hydrogens is 561 g/mol. The fourth-order valence-corrected chi connectivity index (χ4v) is 6.30. The number of carbonyl (C=O) groups excluding carboxylic acids is 1. The number of halogens is 1. The van der Waals surface area contributed by atoms with Crippen LogP contribution in [0.1, 0.15) is 61.4 Å². The monoisotopic (exact) mass is 591 g/mol. The first-order chi connectivity index (χ1) is 20.0. The maximum Gasteiger partial charge on any atom is 0.267 e. The van der Waals surface area contributed by atoms with Crippen LogP contribution < -0.4 is 16.4 Å². The highest BCUT2D eigenvalue weighted by molar-refractivity contribution is 8.00. The van der Waals surface area contributed by atoms with Gasteiger partial charge in [0.15, 0.2) is 4.34 Å². The van der Waals surface area contributed by atoms with E-state index in [1.807, 2.05) is 0 Å². The molecule has 0 aliphatic carbocycles. The molecule has 0 radical (unpaired) electrons. The van der Waals surface area contributed by atoms with E-state index in [1.165, 1.54) is 34.7 Å². The number of benzene rings is 1. The number of aryl methyl sites for hydroxylation is 1. The third-order valence-corrected chi connectivity index (χ3v) is 8.75. The van der Waals surface area contributed by atoms with Crippen molar-refractivity contribution >= 4 is 50.8 Å². The predicted octanol–water partition coefficient (Wildman–Crippen LogP) is 6.02. The molecule has 1 amide bonds. The lowest BCUT2D eigenvalue weighted by molar-refractivity contribution is 0.102. The zero-order valence-electron chi connectivity index (χ0n) is 22.6. The van der Waals surface area contributed by atoms with E-state index in [0.717, 1.165) is 43.4 Å². The van der Waals surface area contributed by atoms with Gasteiger partial charge in [-0.25, -0.2) is 9.37 Å². The van der Waals surface area contributed by atoms with Gasteiger partial charge in [0.25, 0.3) is 11.5 Å². The average Bonchev–Trinajstić information content (AvgIpc) is 3.42. The average molecular weight is 592 g/mol. The minimum Gasteiger partial charge on any atom is -0.310 e. The molecule has 0 saturated carbocycles. The zero-order chi connectivity index (χ0) is 28.8. The van der Waals surface area contributed by atoms with Crippen molar-refractivity contribution in [2.45, 2.75) is 62.1 Å². The Morgan fingerprint density at radius 1 is 1.07 bits per heavy atom. The number of pyridine rings is 2. The van der Waals surface area contributed by atoms with E-state index in [2.05, 4.69) is 22.4 Å². The molecule has 212 valence electrons. The van der Waals surface area contributed by atoms with Crippen molar-refractivity contribution in [3.63, 3.8) is 0 Å². The van der Waals surface area contributed by atoms with Gasteiger partial charge in [0.2, 0.25) is 5.13 Å². The molecule has 5 aromatic rings. The van der Waals surface area contributed by atoms with Gasteiger partial charge < -0.3 is 4.57 Å². The second-order valence-electron chi connectivity index (χ2n) is 9.62. The van der Waals surface area contributed by atoms with E-state index >= 15 is 0 Å². The predicted molar refractivity (Wildman–Crippen MR) is 160 cm³/mol. The molecule has 0 saturated heterocycles. The molecule has 0 fully saturated rings. The fourth-order valence-electron chi connectivity index (χ4n) is 4.57. The Morgan fingerprint density at radius 2 is 1.85 bits per heavy atom. The number of hydrogen-bond donors (Lipinski definition) is 2. The summed E-state index contributed by atoms with van der Waals surface area (Å²) in [7, 11) is 0. The normalized spacial score (nSPS) is 11.4. The van der Waals surface area contributed by atoms with Crippen LogP contribution in [0.2, 0.25) is 0 Å². The highest BCUT2D eigenvalue weighted by atomic mass is 32.2. The van der Waals surface area contributed by atoms with E-state index in [0.29, 0.717) is 33.5 Å². The van der Waals surface area contributed by atoms with Gasteiger partial charge in [-0.15, -0.1) is 10.2 Å². The van der Waals surface area contributed by atoms with Gasteiger partial charge in [-0.05, 0) is 36.2 Å². The smallest absolute Gasteiger partial charge is 0.267 e. The molecule has 0 aliphatic rings. The van der Waals surface area contributed by atoms with Gasteiger partial charge in [0.1, 0.15) is 22.6 Å². The molecule has 1 aromatic carbocycles. The summed E-state index contributed by atoms with van der Waals surface area (Å²) in [5.41, 5.74) is 1.14. The summed E-state index contributed by atoms with van der Waals surface area (Å²) in [4.78, 5) is 31.5. The van der Waals surface area contributed by atoms with Crippen molar-refractivity contribution in [3.8, 4) is 0 Å². The Labute approximate surface area is 244 Å². The third-order valence-electron chi connectivity index (χ3n) is 6.73. The lowest BCUT2D eigenvalue weighted by atomic mass is 10.1. The SMILES string of the molecule is CCCCCCCCn1c(=N)c(C(=O)Nc2nnc(SCc3ccccc3F)s2)cc2c(=O)n3ccccc3nc21. The Morgan fingerprint density at radius 3 is 2.68 bits per heavy atom. The Hall–Kier alpha value is -3.90. The zero-order valence-corrected chi connectivity index (χ0v) is 24.2. The van der Waals surface area contributed by atoms with E-state index in [-0.39, 0.29) is 32.9 Å². The number of nitrogens with zero attached hydrogens (tertiary/aromatic N) is 5. The molecule has 0 bridgehead atoms. The van der Waals surface area contributed by atoms with E-state index in [9.17, 15) is 14.0 Å². The molecule has 4 aromatic heterocycles. The van der Waals surface area contributed by atoms with Gasteiger partial charge in [-0.2, -0.15) is 0 Å². The van der Waals surface area contributed by atoms with Crippen molar-refractivity contribution in [3.05, 3.63) is 87.5 Å². The van der Waals surface area contributed by atoms with Gasteiger partial charge >= 0.3 is 0 Å². The van der Waals surface area contributed by atoms with Crippen LogP contribution in [0, 0.1) is 11.2 Å². The molecule has 9 nitrogen and oxygen atoms in total. The lowest BCUT2D eigenvalue weighted by Gasteiger charge is -2.14. The largest absolute Gasteiger partial charge is 0.310 e. The van der Waals surface area contributed by atoms with E-state index in [1.54, 1.807) is 47.2 Å². The van der Waals surface area contributed by atoms with E-state index in [4.69, 9.17) is 10.4 Å². The van der Waals surface area contributed by atoms with Crippen LogP contribution in [0.15, 0.2) is 63.9 Å². The highest BCUT2D eigenvalue weighted by Crippen LogP contribution is 2.29. The van der Waals surface area contributed by atoms with Gasteiger partial charge in [0, 0.05) is 18.5 Å². The van der Waals surface area contributed by atoms with Crippen molar-refractivity contribution in [1.29, 1.82) is 5.41 Å². The molecule has 41 heavy (non-hydrogen) atoms. The number of amides is 1. The first-order valence-corrected chi connectivity index (χ1v) is 15.4. The van der Waals surface area contributed by atoms with Crippen LogP contribution in [0.4, 0.5) is 9.52 Å². The molecule has 4 heterocycles. The number of fused-ring (bicyclic) bond motifs is 2. The van der Waals surface area contributed by atoms with Crippen LogP contribution in [-0.4, -0.2) is 30.1 Å². The number of unbranched alkanes of at least 4 members (excludes halogenated alkanes) is 5. The van der Waals surface area contributed by atoms with Crippen molar-refractivity contribution in [1.82, 2.24) is 24.1 Å². The minimum atomic E-state index is -0.562. The number of hydrogen-bond acceptors (Lipinski definition) is 8. The second kappa shape index (κ2) is 13.2. The summed E-state index contributed by atoms with van der Waals surface area (Å²) in [6.07, 6.45) is 8.02. The molecular formula is C29H30FN7O2S2. The number of anilines is 1. The summed E-state index contributed by atoms with van der Waals surface area (Å²) >= 11 is 2.48. The number of thioether (sulfide) groups is 1. The fraction of sp³-hybridized carbons (Fsp3) is 0.310. The first-order valence-electron chi connectivity index (χ1n) is 13.6. The van der Waals surface area contributed by atoms with Crippen molar-refractivity contribution in [2.24, 2.45) is 0 Å². The summed E-state index contributed by atoms with van der Waals surface area (Å²) in [6, 6.07) is 13.3. The number of rotatable bonds is 12. The highest BCUT2D eigenvalue weighted by Gasteiger charge is 2.19. The molecule has 0 aliphatic heterocycles. The molecule has 0 spiro atoms. The molecule has 12 heteroatoms. The summed E-state index contributed by atoms with van der Waals surface area (Å²) in [5, 5.41) is 20.3. The van der Waals surface area contributed by atoms with Crippen LogP contribution in [0.25, 0.3) is 16.7 Å². The maximum atomic E-state index is 13.9. The topological polar surface area (TPSA) is 118 Å². The standard InChI is InChI=1S/C29H30FN7O2S2/c1-2-3-4-5-6-10-16-37-24(31)20(17-21-25(37)32-23-14-9-11-15-36(23)27(21)39)26(38)33-28-34-35-29(41-28)40-18-19-12-7-8-13-22(19)30/h7-9,11-15,17,31H,2-6,10,16,18H2,1H3,(H,33,34,38). The Bertz CT molecular complexity index is 1820. The van der Waals surface area contributed by atoms with Gasteiger partial charge in [-0.1, -0.05) is 86.4 Å². The van der Waals surface area contributed by atoms with Crippen LogP contribution >= 0.6 is 23.1 Å². The number of aromatic nitrogens is 5. The first kappa shape index (κ1) is 28.6. The second-order valence-corrected chi connectivity index (χ2v) is 11.8. The van der Waals surface area contributed by atoms with Crippen LogP contribution in [-0.2, 0) is 12.3 Å². The van der Waals surface area contributed by atoms with Gasteiger partial charge in [0.05, 0.1) is 10.9 Å². The molecule has 0 unspecified atom stereocenters. The van der Waals surface area contributed by atoms with Crippen molar-refractivity contribution < 1.29 is 9.18 Å². The van der Waals surface area contributed by atoms with Crippen LogP contribution in [0.5, 0.6) is 0 Å². The number of carbonyl (C=O) groups is 1. The molecule has 2 N–H and O–H groups in total. The number of nitrogens with one attached hydrogen (secondary N) is 2. The third kappa shape index (κ3) is 6.54. The van der Waals surface area contributed by atoms with Crippen LogP contribution in [0.3, 0.4) is 0 Å². The molecule has 5 rings (SSSR count). The quantitative estimate of drug-likeness (QED) is 0.0792. The summed E-state index contributed by atoms with van der Waals surface area (Å²) in [5.74, 6) is -0.474. The maximum absolute atomic E-state index is 13.9. The van der Waals surface area contributed by atoms with Crippen molar-refractivity contribution in [2.75, 3.05) is 5.32 Å². The summed E-state index contributed by atoms with van der Waals surface area (Å²) < 4.78 is 17.6. The van der Waals surface area contributed by atoms with E-state index < -0.39 is 5.91 Å². The Kier molecular flexibility index (Phi) is 9.20. The minimum absolute atomic E-state index is 0.0191. The molecule has 0 atom stereocenters.